The molecular weight excluding hydrogens is 306 g/mol. The predicted molar refractivity (Wildman–Crippen MR) is 111 cm³/mol. The maximum absolute atomic E-state index is 11.4. The van der Waals surface area contributed by atoms with Crippen LogP contribution in [0.2, 0.25) is 0 Å². The molecule has 0 spiro atoms. The Hall–Kier alpha value is -1.31. The fourth-order valence-electron chi connectivity index (χ4n) is 3.39. The summed E-state index contributed by atoms with van der Waals surface area (Å²) in [6.07, 6.45) is 16.8. The molecule has 0 aliphatic heterocycles. The molecule has 0 saturated heterocycles. The summed E-state index contributed by atoms with van der Waals surface area (Å²) in [7, 11) is 0. The van der Waals surface area contributed by atoms with Gasteiger partial charge < -0.3 is 4.90 Å². The van der Waals surface area contributed by atoms with Crippen molar-refractivity contribution in [1.29, 1.82) is 0 Å². The van der Waals surface area contributed by atoms with Gasteiger partial charge in [0.05, 0.1) is 0 Å². The van der Waals surface area contributed by atoms with Crippen LogP contribution in [0.25, 0.3) is 0 Å². The highest BCUT2D eigenvalue weighted by molar-refractivity contribution is 5.84. The van der Waals surface area contributed by atoms with Gasteiger partial charge in [0, 0.05) is 24.3 Å². The molecule has 142 valence electrons. The van der Waals surface area contributed by atoms with Crippen molar-refractivity contribution < 1.29 is 4.79 Å². The average Bonchev–Trinajstić information content (AvgIpc) is 2.65. The minimum absolute atomic E-state index is 0.833. The number of nitrogens with zero attached hydrogens (tertiary/aromatic N) is 1. The molecule has 0 amide bonds. The molecule has 0 aliphatic rings. The molecule has 0 atom stereocenters. The number of carbonyl (C=O) groups excluding carboxylic acids is 1. The molecule has 0 aliphatic carbocycles. The second-order valence-corrected chi connectivity index (χ2v) is 7.20. The second-order valence-electron chi connectivity index (χ2n) is 7.20. The summed E-state index contributed by atoms with van der Waals surface area (Å²) in [6.45, 7) is 6.68. The summed E-state index contributed by atoms with van der Waals surface area (Å²) in [5.41, 5.74) is 1.96. The van der Waals surface area contributed by atoms with E-state index in [0.717, 1.165) is 30.6 Å². The molecule has 0 saturated carbocycles. The van der Waals surface area contributed by atoms with Gasteiger partial charge in [-0.2, -0.15) is 0 Å². The van der Waals surface area contributed by atoms with Crippen molar-refractivity contribution >= 4 is 12.0 Å². The summed E-state index contributed by atoms with van der Waals surface area (Å²) >= 11 is 0. The van der Waals surface area contributed by atoms with Gasteiger partial charge in [-0.25, -0.2) is 0 Å². The highest BCUT2D eigenvalue weighted by Crippen LogP contribution is 2.21. The molecule has 0 aromatic heterocycles. The van der Waals surface area contributed by atoms with Gasteiger partial charge >= 0.3 is 0 Å². The molecule has 2 heteroatoms. The van der Waals surface area contributed by atoms with Gasteiger partial charge in [0.2, 0.25) is 0 Å². The van der Waals surface area contributed by atoms with E-state index in [2.05, 4.69) is 30.9 Å². The van der Waals surface area contributed by atoms with E-state index in [-0.39, 0.29) is 0 Å². The minimum atomic E-state index is 0.833. The monoisotopic (exact) mass is 345 g/mol. The first-order chi connectivity index (χ1) is 12.3. The Morgan fingerprint density at radius 3 is 1.72 bits per heavy atom. The van der Waals surface area contributed by atoms with Crippen LogP contribution in [0.5, 0.6) is 0 Å². The maximum atomic E-state index is 11.4. The van der Waals surface area contributed by atoms with Crippen LogP contribution >= 0.6 is 0 Å². The van der Waals surface area contributed by atoms with Crippen LogP contribution in [-0.2, 0) is 0 Å². The SMILES string of the molecule is CCCCCCCCN(CCCCCCCC)c1ccccc1C=O. The Labute approximate surface area is 156 Å². The van der Waals surface area contributed by atoms with E-state index in [1.807, 2.05) is 12.1 Å². The summed E-state index contributed by atoms with van der Waals surface area (Å²) < 4.78 is 0. The number of carbonyl (C=O) groups is 1. The van der Waals surface area contributed by atoms with Crippen LogP contribution in [-0.4, -0.2) is 19.4 Å². The van der Waals surface area contributed by atoms with Crippen molar-refractivity contribution in [3.05, 3.63) is 29.8 Å². The largest absolute Gasteiger partial charge is 0.371 e. The zero-order valence-electron chi connectivity index (χ0n) is 16.6. The molecular formula is C23H39NO. The molecule has 0 N–H and O–H groups in total. The lowest BCUT2D eigenvalue weighted by atomic mass is 10.1. The van der Waals surface area contributed by atoms with Gasteiger partial charge in [-0.1, -0.05) is 90.2 Å². The maximum Gasteiger partial charge on any atom is 0.152 e. The van der Waals surface area contributed by atoms with Crippen molar-refractivity contribution in [3.63, 3.8) is 0 Å². The van der Waals surface area contributed by atoms with Crippen LogP contribution in [0.1, 0.15) is 101 Å². The molecule has 1 rings (SSSR count). The second kappa shape index (κ2) is 15.0. The molecule has 1 aromatic rings. The van der Waals surface area contributed by atoms with Crippen LogP contribution in [0.4, 0.5) is 5.69 Å². The van der Waals surface area contributed by atoms with Crippen molar-refractivity contribution in [1.82, 2.24) is 0 Å². The van der Waals surface area contributed by atoms with E-state index in [1.165, 1.54) is 77.0 Å². The topological polar surface area (TPSA) is 20.3 Å². The molecule has 0 unspecified atom stereocenters. The third kappa shape index (κ3) is 9.67. The zero-order chi connectivity index (χ0) is 18.2. The number of hydrogen-bond donors (Lipinski definition) is 0. The van der Waals surface area contributed by atoms with E-state index in [1.54, 1.807) is 0 Å². The highest BCUT2D eigenvalue weighted by Gasteiger charge is 2.10. The van der Waals surface area contributed by atoms with E-state index in [0.29, 0.717) is 0 Å². The number of hydrogen-bond acceptors (Lipinski definition) is 2. The Morgan fingerprint density at radius 1 is 0.720 bits per heavy atom. The summed E-state index contributed by atoms with van der Waals surface area (Å²) in [4.78, 5) is 13.8. The van der Waals surface area contributed by atoms with Gasteiger partial charge in [0.15, 0.2) is 6.29 Å². The lowest BCUT2D eigenvalue weighted by molar-refractivity contribution is 0.112. The first kappa shape index (κ1) is 21.7. The number of rotatable bonds is 16. The Balaban J connectivity index is 2.47. The van der Waals surface area contributed by atoms with Gasteiger partial charge in [-0.15, -0.1) is 0 Å². The standard InChI is InChI=1S/C23H39NO/c1-3-5-7-9-11-15-19-24(20-16-12-10-8-6-4-2)23-18-14-13-17-22(23)21-25/h13-14,17-18,21H,3-12,15-16,19-20H2,1-2H3. The quantitative estimate of drug-likeness (QED) is 0.237. The molecule has 0 radical (unpaired) electrons. The van der Waals surface area contributed by atoms with E-state index in [9.17, 15) is 4.79 Å². The van der Waals surface area contributed by atoms with Gasteiger partial charge in [-0.05, 0) is 25.0 Å². The zero-order valence-corrected chi connectivity index (χ0v) is 16.6. The van der Waals surface area contributed by atoms with E-state index >= 15 is 0 Å². The molecule has 0 bridgehead atoms. The molecule has 25 heavy (non-hydrogen) atoms. The number of unbranched alkanes of at least 4 members (excludes halogenated alkanes) is 10. The van der Waals surface area contributed by atoms with Crippen molar-refractivity contribution in [3.8, 4) is 0 Å². The van der Waals surface area contributed by atoms with E-state index < -0.39 is 0 Å². The average molecular weight is 346 g/mol. The van der Waals surface area contributed by atoms with Gasteiger partial charge in [0.1, 0.15) is 0 Å². The first-order valence-corrected chi connectivity index (χ1v) is 10.6. The predicted octanol–water partition coefficient (Wildman–Crippen LogP) is 7.03. The van der Waals surface area contributed by atoms with Crippen LogP contribution < -0.4 is 4.90 Å². The molecule has 0 fully saturated rings. The van der Waals surface area contributed by atoms with Crippen molar-refractivity contribution in [2.24, 2.45) is 0 Å². The normalized spacial score (nSPS) is 10.8. The van der Waals surface area contributed by atoms with Gasteiger partial charge in [-0.3, -0.25) is 4.79 Å². The van der Waals surface area contributed by atoms with E-state index in [4.69, 9.17) is 0 Å². The highest BCUT2D eigenvalue weighted by atomic mass is 16.1. The first-order valence-electron chi connectivity index (χ1n) is 10.6. The molecule has 1 aromatic carbocycles. The summed E-state index contributed by atoms with van der Waals surface area (Å²) in [5.74, 6) is 0. The fourth-order valence-corrected chi connectivity index (χ4v) is 3.39. The lowest BCUT2D eigenvalue weighted by Gasteiger charge is -2.26. The minimum Gasteiger partial charge on any atom is -0.371 e. The van der Waals surface area contributed by atoms with Crippen LogP contribution in [0, 0.1) is 0 Å². The van der Waals surface area contributed by atoms with Crippen LogP contribution in [0.15, 0.2) is 24.3 Å². The third-order valence-electron chi connectivity index (χ3n) is 4.97. The number of anilines is 1. The smallest absolute Gasteiger partial charge is 0.152 e. The van der Waals surface area contributed by atoms with Crippen LogP contribution in [0.3, 0.4) is 0 Å². The fraction of sp³-hybridized carbons (Fsp3) is 0.696. The van der Waals surface area contributed by atoms with Crippen molar-refractivity contribution in [2.45, 2.75) is 90.9 Å². The number of para-hydroxylation sites is 1. The summed E-state index contributed by atoms with van der Waals surface area (Å²) in [5, 5.41) is 0. The van der Waals surface area contributed by atoms with Gasteiger partial charge in [0.25, 0.3) is 0 Å². The lowest BCUT2D eigenvalue weighted by Crippen LogP contribution is -2.26. The molecule has 2 nitrogen and oxygen atoms in total. The summed E-state index contributed by atoms with van der Waals surface area (Å²) in [6, 6.07) is 8.06. The Morgan fingerprint density at radius 2 is 1.20 bits per heavy atom. The number of aldehydes is 1. The Kier molecular flexibility index (Phi) is 13.0. The Bertz CT molecular complexity index is 427. The number of benzene rings is 1. The molecule has 0 heterocycles. The third-order valence-corrected chi connectivity index (χ3v) is 4.97. The van der Waals surface area contributed by atoms with Crippen molar-refractivity contribution in [2.75, 3.05) is 18.0 Å².